The van der Waals surface area contributed by atoms with Crippen LogP contribution < -0.4 is 21.0 Å². The van der Waals surface area contributed by atoms with Gasteiger partial charge in [-0.2, -0.15) is 9.67 Å². The van der Waals surface area contributed by atoms with Gasteiger partial charge in [0.25, 0.3) is 5.56 Å². The largest absolute Gasteiger partial charge is 0.391 e. The Bertz CT molecular complexity index is 1470. The second kappa shape index (κ2) is 10.2. The number of anilines is 1. The molecule has 5 rings (SSSR count). The molecule has 1 aliphatic rings. The van der Waals surface area contributed by atoms with Gasteiger partial charge in [-0.3, -0.25) is 13.9 Å². The van der Waals surface area contributed by atoms with E-state index in [-0.39, 0.29) is 12.2 Å². The average Bonchev–Trinajstić information content (AvgIpc) is 3.53. The molecule has 3 aromatic heterocycles. The number of rotatable bonds is 8. The van der Waals surface area contributed by atoms with Gasteiger partial charge in [0, 0.05) is 26.4 Å². The van der Waals surface area contributed by atoms with Gasteiger partial charge in [-0.1, -0.05) is 30.0 Å². The first-order valence-corrected chi connectivity index (χ1v) is 12.8. The third-order valence-electron chi connectivity index (χ3n) is 6.53. The fourth-order valence-corrected chi connectivity index (χ4v) is 5.36. The summed E-state index contributed by atoms with van der Waals surface area (Å²) in [6, 6.07) is 9.66. The summed E-state index contributed by atoms with van der Waals surface area (Å²) in [5.41, 5.74) is 0.879. The van der Waals surface area contributed by atoms with Crippen molar-refractivity contribution >= 4 is 28.9 Å². The first-order valence-electron chi connectivity index (χ1n) is 11.8. The molecule has 1 aliphatic heterocycles. The number of aliphatic hydroxyl groups excluding tert-OH is 1. The summed E-state index contributed by atoms with van der Waals surface area (Å²) < 4.78 is 6.14. The lowest BCUT2D eigenvalue weighted by Crippen LogP contribution is -3.15. The molecule has 0 bridgehead atoms. The van der Waals surface area contributed by atoms with E-state index in [1.54, 1.807) is 11.7 Å². The van der Waals surface area contributed by atoms with Gasteiger partial charge in [-0.15, -0.1) is 5.10 Å². The van der Waals surface area contributed by atoms with E-state index in [1.807, 2.05) is 34.9 Å². The van der Waals surface area contributed by atoms with E-state index in [0.717, 1.165) is 36.4 Å². The van der Waals surface area contributed by atoms with Crippen molar-refractivity contribution in [2.75, 3.05) is 50.0 Å². The number of hydrogen-bond donors (Lipinski definition) is 2. The fourth-order valence-electron chi connectivity index (χ4n) is 4.55. The zero-order chi connectivity index (χ0) is 25.2. The monoisotopic (exact) mass is 513 g/mol. The summed E-state index contributed by atoms with van der Waals surface area (Å²) in [7, 11) is 3.12. The van der Waals surface area contributed by atoms with Gasteiger partial charge in [0.1, 0.15) is 6.54 Å². The lowest BCUT2D eigenvalue weighted by atomic mass is 10.3. The van der Waals surface area contributed by atoms with E-state index in [2.05, 4.69) is 20.4 Å². The summed E-state index contributed by atoms with van der Waals surface area (Å²) in [6.07, 6.45) is 0. The predicted octanol–water partition coefficient (Wildman–Crippen LogP) is -2.10. The highest BCUT2D eigenvalue weighted by Crippen LogP contribution is 2.23. The van der Waals surface area contributed by atoms with Crippen LogP contribution in [0.2, 0.25) is 0 Å². The molecule has 1 fully saturated rings. The zero-order valence-corrected chi connectivity index (χ0v) is 21.1. The van der Waals surface area contributed by atoms with Crippen molar-refractivity contribution in [3.05, 3.63) is 51.2 Å². The number of aliphatic hydroxyl groups is 1. The van der Waals surface area contributed by atoms with Crippen LogP contribution in [-0.4, -0.2) is 89.1 Å². The van der Waals surface area contributed by atoms with Crippen molar-refractivity contribution in [1.29, 1.82) is 0 Å². The lowest BCUT2D eigenvalue weighted by molar-refractivity contribution is -0.900. The Kier molecular flexibility index (Phi) is 6.89. The summed E-state index contributed by atoms with van der Waals surface area (Å²) in [6.45, 7) is 4.56. The van der Waals surface area contributed by atoms with Crippen LogP contribution in [-0.2, 0) is 20.6 Å². The highest BCUT2D eigenvalue weighted by Gasteiger charge is 2.27. The van der Waals surface area contributed by atoms with Crippen molar-refractivity contribution in [2.45, 2.75) is 11.7 Å². The Balaban J connectivity index is 1.46. The molecule has 0 spiro atoms. The predicted molar refractivity (Wildman–Crippen MR) is 135 cm³/mol. The normalized spacial score (nSPS) is 14.7. The van der Waals surface area contributed by atoms with Crippen LogP contribution in [0, 0.1) is 0 Å². The highest BCUT2D eigenvalue weighted by atomic mass is 32.2. The molecule has 0 atom stereocenters. The number of hydrogen-bond acceptors (Lipinski definition) is 9. The number of nitrogens with zero attached hydrogens (tertiary/aromatic N) is 9. The van der Waals surface area contributed by atoms with Crippen molar-refractivity contribution in [3.8, 4) is 5.69 Å². The van der Waals surface area contributed by atoms with E-state index in [9.17, 15) is 14.7 Å². The number of quaternary nitrogens is 1. The minimum Gasteiger partial charge on any atom is -0.391 e. The Morgan fingerprint density at radius 3 is 2.56 bits per heavy atom. The first-order chi connectivity index (χ1) is 17.5. The molecular weight excluding hydrogens is 484 g/mol. The molecule has 14 heteroatoms. The minimum atomic E-state index is -0.405. The van der Waals surface area contributed by atoms with Gasteiger partial charge in [-0.05, 0) is 22.6 Å². The Morgan fingerprint density at radius 1 is 1.08 bits per heavy atom. The number of tetrazole rings is 1. The number of benzene rings is 1. The third kappa shape index (κ3) is 4.42. The van der Waals surface area contributed by atoms with Crippen LogP contribution in [0.1, 0.15) is 0 Å². The molecule has 4 aromatic rings. The number of para-hydroxylation sites is 1. The van der Waals surface area contributed by atoms with E-state index in [4.69, 9.17) is 4.98 Å². The van der Waals surface area contributed by atoms with Gasteiger partial charge in [0.15, 0.2) is 11.2 Å². The molecule has 0 amide bonds. The molecule has 190 valence electrons. The summed E-state index contributed by atoms with van der Waals surface area (Å²) in [4.78, 5) is 34.0. The number of aromatic nitrogens is 8. The lowest BCUT2D eigenvalue weighted by Gasteiger charge is -2.32. The van der Waals surface area contributed by atoms with Crippen LogP contribution in [0.25, 0.3) is 16.9 Å². The van der Waals surface area contributed by atoms with E-state index < -0.39 is 5.69 Å². The molecule has 36 heavy (non-hydrogen) atoms. The highest BCUT2D eigenvalue weighted by molar-refractivity contribution is 7.99. The molecule has 1 saturated heterocycles. The maximum absolute atomic E-state index is 13.2. The summed E-state index contributed by atoms with van der Waals surface area (Å²) in [5, 5.41) is 22.0. The van der Waals surface area contributed by atoms with Crippen LogP contribution in [0.5, 0.6) is 0 Å². The molecule has 0 aliphatic carbocycles. The van der Waals surface area contributed by atoms with E-state index in [0.29, 0.717) is 41.1 Å². The number of imidazole rings is 1. The van der Waals surface area contributed by atoms with Gasteiger partial charge in [0.2, 0.25) is 11.1 Å². The first kappa shape index (κ1) is 24.2. The van der Waals surface area contributed by atoms with Gasteiger partial charge in [-0.25, -0.2) is 4.79 Å². The van der Waals surface area contributed by atoms with Crippen LogP contribution in [0.15, 0.2) is 45.1 Å². The molecule has 13 nitrogen and oxygen atoms in total. The molecular formula is C22H29N10O3S+. The molecule has 0 radical (unpaired) electrons. The number of fused-ring (bicyclic) bond motifs is 1. The number of aryl methyl sites for hydroxylation is 2. The van der Waals surface area contributed by atoms with Crippen molar-refractivity contribution in [1.82, 2.24) is 38.9 Å². The second-order valence-corrected chi connectivity index (χ2v) is 9.77. The molecule has 0 saturated carbocycles. The second-order valence-electron chi connectivity index (χ2n) is 8.71. The number of nitrogens with one attached hydrogen (secondary N) is 1. The quantitative estimate of drug-likeness (QED) is 0.254. The topological polar surface area (TPSA) is 133 Å². The van der Waals surface area contributed by atoms with Crippen LogP contribution in [0.3, 0.4) is 0 Å². The molecule has 0 unspecified atom stereocenters. The van der Waals surface area contributed by atoms with Gasteiger partial charge >= 0.3 is 5.69 Å². The third-order valence-corrected chi connectivity index (χ3v) is 7.43. The van der Waals surface area contributed by atoms with Gasteiger partial charge in [0.05, 0.1) is 38.5 Å². The van der Waals surface area contributed by atoms with Crippen LogP contribution >= 0.6 is 11.8 Å². The van der Waals surface area contributed by atoms with Gasteiger partial charge < -0.3 is 19.5 Å². The molecule has 2 N–H and O–H groups in total. The van der Waals surface area contributed by atoms with E-state index >= 15 is 0 Å². The minimum absolute atomic E-state index is 0.158. The summed E-state index contributed by atoms with van der Waals surface area (Å²) in [5.74, 6) is 1.27. The maximum atomic E-state index is 13.2. The number of thioether (sulfide) groups is 1. The standard InChI is InChI=1S/C22H28N10O3S/c1-27-18-17(19(34)28(2)22(27)35)31(20(23-18)30-10-8-29(9-11-30)12-14-33)13-15-36-21-24-25-26-32(21)16-6-4-3-5-7-16/h3-7,33H,8-15H2,1-2H3/p+1. The average molecular weight is 514 g/mol. The van der Waals surface area contributed by atoms with Crippen molar-refractivity contribution in [2.24, 2.45) is 14.1 Å². The Morgan fingerprint density at radius 2 is 1.83 bits per heavy atom. The van der Waals surface area contributed by atoms with Crippen molar-refractivity contribution < 1.29 is 10.0 Å². The molecule has 4 heterocycles. The molecule has 1 aromatic carbocycles. The van der Waals surface area contributed by atoms with E-state index in [1.165, 1.54) is 28.3 Å². The Labute approximate surface area is 210 Å². The van der Waals surface area contributed by atoms with Crippen LogP contribution in [0.4, 0.5) is 5.95 Å². The number of piperazine rings is 1. The fraction of sp³-hybridized carbons (Fsp3) is 0.455. The van der Waals surface area contributed by atoms with Crippen molar-refractivity contribution in [3.63, 3.8) is 0 Å². The SMILES string of the molecule is Cn1c(=O)c2c(nc(N3CC[NH+](CCO)CC3)n2CCSc2nnnn2-c2ccccc2)n(C)c1=O. The Hall–Kier alpha value is -3.49. The zero-order valence-electron chi connectivity index (χ0n) is 20.2. The maximum Gasteiger partial charge on any atom is 0.332 e. The summed E-state index contributed by atoms with van der Waals surface area (Å²) >= 11 is 1.49. The smallest absolute Gasteiger partial charge is 0.332 e.